The van der Waals surface area contributed by atoms with Gasteiger partial charge in [0.15, 0.2) is 0 Å². The average molecular weight is 300 g/mol. The van der Waals surface area contributed by atoms with E-state index in [9.17, 15) is 19.5 Å². The number of hydrogen-bond acceptors (Lipinski definition) is 4. The normalized spacial score (nSPS) is 10.0. The Balaban J connectivity index is 0.000000309. The molecule has 1 amide bonds. The maximum Gasteiger partial charge on any atom is 0.272 e. The number of pyridine rings is 1. The lowest BCUT2D eigenvalue weighted by Gasteiger charge is -2.03. The van der Waals surface area contributed by atoms with Gasteiger partial charge in [-0.15, -0.1) is 0 Å². The molecule has 2 heterocycles. The molecule has 3 aromatic rings. The van der Waals surface area contributed by atoms with Gasteiger partial charge in [0.1, 0.15) is 5.52 Å². The third-order valence-electron chi connectivity index (χ3n) is 3.05. The van der Waals surface area contributed by atoms with Gasteiger partial charge in [-0.25, -0.2) is 0 Å². The second-order valence-electron chi connectivity index (χ2n) is 4.47. The smallest absolute Gasteiger partial charge is 0.272 e. The van der Waals surface area contributed by atoms with Crippen LogP contribution in [0.1, 0.15) is 13.3 Å². The highest BCUT2D eigenvalue weighted by Crippen LogP contribution is 2.23. The number of rotatable bonds is 3. The summed E-state index contributed by atoms with van der Waals surface area (Å²) in [5.74, 6) is -0.995. The average Bonchev–Trinajstić information content (AvgIpc) is 2.99. The number of aromatic amines is 2. The summed E-state index contributed by atoms with van der Waals surface area (Å²) in [6.07, 6.45) is 2.46. The van der Waals surface area contributed by atoms with E-state index in [1.807, 2.05) is 12.1 Å². The number of carbonyl (C=O) groups excluding carboxylic acids is 2. The van der Waals surface area contributed by atoms with Crippen LogP contribution < -0.4 is 16.0 Å². The first-order valence-corrected chi connectivity index (χ1v) is 6.60. The number of H-pyrrole nitrogens is 2. The van der Waals surface area contributed by atoms with E-state index in [2.05, 4.69) is 15.3 Å². The van der Waals surface area contributed by atoms with Crippen molar-refractivity contribution in [1.29, 1.82) is 0 Å². The van der Waals surface area contributed by atoms with Crippen LogP contribution in [-0.4, -0.2) is 22.3 Å². The molecular weight excluding hydrogens is 286 g/mol. The van der Waals surface area contributed by atoms with Gasteiger partial charge in [-0.2, -0.15) is 0 Å². The van der Waals surface area contributed by atoms with Crippen molar-refractivity contribution in [2.45, 2.75) is 13.3 Å². The van der Waals surface area contributed by atoms with Crippen molar-refractivity contribution in [3.8, 4) is 0 Å². The molecule has 0 fully saturated rings. The van der Waals surface area contributed by atoms with Gasteiger partial charge < -0.3 is 25.2 Å². The maximum absolute atomic E-state index is 11.7. The van der Waals surface area contributed by atoms with Crippen molar-refractivity contribution < 1.29 is 14.7 Å². The van der Waals surface area contributed by atoms with Crippen LogP contribution in [0.5, 0.6) is 0 Å². The number of carboxylic acids is 1. The molecule has 0 aliphatic heterocycles. The van der Waals surface area contributed by atoms with Gasteiger partial charge >= 0.3 is 0 Å². The highest BCUT2D eigenvalue weighted by atomic mass is 16.4. The predicted octanol–water partition coefficient (Wildman–Crippen LogP) is 0.724. The molecule has 0 radical (unpaired) electrons. The molecule has 0 unspecified atom stereocenters. The number of hydrogen-bond donors (Lipinski definition) is 3. The molecule has 0 saturated carbocycles. The minimum absolute atomic E-state index is 0.111. The molecule has 7 nitrogen and oxygen atoms in total. The number of benzene rings is 1. The van der Waals surface area contributed by atoms with Gasteiger partial charge in [-0.1, -0.05) is 6.92 Å². The van der Waals surface area contributed by atoms with E-state index in [-0.39, 0.29) is 12.0 Å². The number of aliphatic carboxylic acids is 1. The molecule has 2 aromatic heterocycles. The zero-order valence-corrected chi connectivity index (χ0v) is 11.8. The first-order valence-electron chi connectivity index (χ1n) is 6.60. The minimum Gasteiger partial charge on any atom is -0.550 e. The molecule has 0 bridgehead atoms. The van der Waals surface area contributed by atoms with E-state index in [1.54, 1.807) is 18.3 Å². The molecular formula is C15H14N3O4-. The summed E-state index contributed by atoms with van der Waals surface area (Å²) in [5, 5.41) is 13.6. The summed E-state index contributed by atoms with van der Waals surface area (Å²) in [6, 6.07) is 7.19. The Kier molecular flexibility index (Phi) is 4.57. The van der Waals surface area contributed by atoms with E-state index < -0.39 is 5.97 Å². The molecule has 0 spiro atoms. The predicted molar refractivity (Wildman–Crippen MR) is 81.4 cm³/mol. The molecule has 0 saturated heterocycles. The third kappa shape index (κ3) is 3.14. The molecule has 1 aromatic carbocycles. The van der Waals surface area contributed by atoms with Crippen LogP contribution in [0.4, 0.5) is 5.69 Å². The number of anilines is 1. The fourth-order valence-corrected chi connectivity index (χ4v) is 2.00. The quantitative estimate of drug-likeness (QED) is 0.618. The van der Waals surface area contributed by atoms with Gasteiger partial charge in [0.2, 0.25) is 6.41 Å². The lowest BCUT2D eigenvalue weighted by molar-refractivity contribution is -0.305. The van der Waals surface area contributed by atoms with E-state index in [0.717, 1.165) is 16.3 Å². The largest absolute Gasteiger partial charge is 0.550 e. The summed E-state index contributed by atoms with van der Waals surface area (Å²) in [5.41, 5.74) is 1.84. The van der Waals surface area contributed by atoms with Crippen LogP contribution in [0.15, 0.2) is 35.3 Å². The van der Waals surface area contributed by atoms with Crippen LogP contribution in [0.3, 0.4) is 0 Å². The number of carboxylic acid groups (broad SMARTS) is 1. The second-order valence-corrected chi connectivity index (χ2v) is 4.47. The Morgan fingerprint density at radius 3 is 2.68 bits per heavy atom. The Morgan fingerprint density at radius 2 is 2.05 bits per heavy atom. The van der Waals surface area contributed by atoms with Crippen LogP contribution in [0, 0.1) is 0 Å². The lowest BCUT2D eigenvalue weighted by Crippen LogP contribution is -2.19. The third-order valence-corrected chi connectivity index (χ3v) is 3.05. The SMILES string of the molecule is CCC(=O)[O-].O=CNc1ccc2[nH]c(=O)c3[nH]ccc3c2c1. The van der Waals surface area contributed by atoms with Crippen LogP contribution in [-0.2, 0) is 9.59 Å². The molecule has 7 heteroatoms. The standard InChI is InChI=1S/C12H9N3O2.C3H6O2/c16-6-14-7-1-2-10-9(5-7)8-3-4-13-11(8)12(17)15-10;1-2-3(4)5/h1-6,13H,(H,14,16)(H,15,17);2H2,1H3,(H,4,5)/p-1. The van der Waals surface area contributed by atoms with Gasteiger partial charge in [0.05, 0.1) is 0 Å². The highest BCUT2D eigenvalue weighted by Gasteiger charge is 2.06. The monoisotopic (exact) mass is 300 g/mol. The highest BCUT2D eigenvalue weighted by molar-refractivity contribution is 6.05. The fourth-order valence-electron chi connectivity index (χ4n) is 2.00. The number of aromatic nitrogens is 2. The first-order chi connectivity index (χ1) is 10.6. The molecule has 3 rings (SSSR count). The summed E-state index contributed by atoms with van der Waals surface area (Å²) in [6.45, 7) is 1.54. The Labute approximate surface area is 125 Å². The van der Waals surface area contributed by atoms with E-state index >= 15 is 0 Å². The molecule has 0 aliphatic carbocycles. The van der Waals surface area contributed by atoms with E-state index in [4.69, 9.17) is 0 Å². The van der Waals surface area contributed by atoms with Crippen molar-refractivity contribution in [1.82, 2.24) is 9.97 Å². The van der Waals surface area contributed by atoms with Gasteiger partial charge in [0, 0.05) is 34.1 Å². The van der Waals surface area contributed by atoms with E-state index in [1.165, 1.54) is 6.92 Å². The van der Waals surface area contributed by atoms with Crippen molar-refractivity contribution in [3.63, 3.8) is 0 Å². The summed E-state index contributed by atoms with van der Waals surface area (Å²) in [7, 11) is 0. The number of amides is 1. The van der Waals surface area contributed by atoms with Crippen molar-refractivity contribution in [3.05, 3.63) is 40.8 Å². The summed E-state index contributed by atoms with van der Waals surface area (Å²) < 4.78 is 0. The zero-order valence-electron chi connectivity index (χ0n) is 11.8. The summed E-state index contributed by atoms with van der Waals surface area (Å²) >= 11 is 0. The zero-order chi connectivity index (χ0) is 16.1. The first kappa shape index (κ1) is 15.3. The molecule has 114 valence electrons. The van der Waals surface area contributed by atoms with Crippen LogP contribution in [0.2, 0.25) is 0 Å². The van der Waals surface area contributed by atoms with Crippen LogP contribution in [0.25, 0.3) is 21.8 Å². The summed E-state index contributed by atoms with van der Waals surface area (Å²) in [4.78, 5) is 37.0. The Bertz CT molecular complexity index is 879. The fraction of sp³-hybridized carbons (Fsp3) is 0.133. The second kappa shape index (κ2) is 6.57. The molecule has 0 atom stereocenters. The van der Waals surface area contributed by atoms with Gasteiger partial charge in [-0.05, 0) is 30.7 Å². The molecule has 22 heavy (non-hydrogen) atoms. The molecule has 3 N–H and O–H groups in total. The Hall–Kier alpha value is -3.09. The number of carbonyl (C=O) groups is 2. The van der Waals surface area contributed by atoms with Crippen LogP contribution >= 0.6 is 0 Å². The van der Waals surface area contributed by atoms with E-state index in [0.29, 0.717) is 17.6 Å². The number of fused-ring (bicyclic) bond motifs is 3. The van der Waals surface area contributed by atoms with Gasteiger partial charge in [-0.3, -0.25) is 9.59 Å². The lowest BCUT2D eigenvalue weighted by atomic mass is 10.1. The molecule has 0 aliphatic rings. The minimum atomic E-state index is -0.995. The maximum atomic E-state index is 11.7. The topological polar surface area (TPSA) is 118 Å². The van der Waals surface area contributed by atoms with Crippen molar-refractivity contribution in [2.75, 3.05) is 5.32 Å². The Morgan fingerprint density at radius 1 is 1.32 bits per heavy atom. The number of nitrogens with one attached hydrogen (secondary N) is 3. The van der Waals surface area contributed by atoms with Crippen molar-refractivity contribution >= 4 is 39.9 Å². The van der Waals surface area contributed by atoms with Gasteiger partial charge in [0.25, 0.3) is 5.56 Å². The van der Waals surface area contributed by atoms with Crippen molar-refractivity contribution in [2.24, 2.45) is 0 Å².